The molecule has 0 N–H and O–H groups in total. The summed E-state index contributed by atoms with van der Waals surface area (Å²) in [5, 5.41) is 1.14. The lowest BCUT2D eigenvalue weighted by atomic mass is 9.78. The monoisotopic (exact) mass is 468 g/mol. The highest BCUT2D eigenvalue weighted by molar-refractivity contribution is 7.98. The van der Waals surface area contributed by atoms with Gasteiger partial charge in [-0.15, -0.1) is 23.1 Å². The van der Waals surface area contributed by atoms with Crippen molar-refractivity contribution in [2.24, 2.45) is 11.3 Å². The number of fused-ring (bicyclic) bond motifs is 1. The molecule has 2 aromatic heterocycles. The van der Waals surface area contributed by atoms with Crippen LogP contribution in [-0.2, 0) is 17.6 Å². The summed E-state index contributed by atoms with van der Waals surface area (Å²) in [4.78, 5) is 29.5. The summed E-state index contributed by atoms with van der Waals surface area (Å²) < 4.78 is 6.41. The van der Waals surface area contributed by atoms with Gasteiger partial charge in [0.2, 0.25) is 0 Å². The molecule has 0 aliphatic carbocycles. The Bertz CT molecular complexity index is 1100. The van der Waals surface area contributed by atoms with Crippen molar-refractivity contribution in [3.05, 3.63) is 47.0 Å². The number of ether oxygens (including phenoxy) is 1. The average molecular weight is 469 g/mol. The van der Waals surface area contributed by atoms with Gasteiger partial charge in [0.25, 0.3) is 5.91 Å². The SMILES string of the molecule is CSc1cnc(CC[C@H](C)CCc2nc3ccc(C(=O)N4CC5(COC5)C4)cc3s2)nc1. The van der Waals surface area contributed by atoms with Crippen LogP contribution in [0.5, 0.6) is 0 Å². The van der Waals surface area contributed by atoms with Gasteiger partial charge in [0.1, 0.15) is 5.82 Å². The molecule has 0 unspecified atom stereocenters. The molecule has 32 heavy (non-hydrogen) atoms. The fraction of sp³-hybridized carbons (Fsp3) is 0.500. The van der Waals surface area contributed by atoms with E-state index in [-0.39, 0.29) is 11.3 Å². The van der Waals surface area contributed by atoms with Crippen LogP contribution in [0, 0.1) is 11.3 Å². The van der Waals surface area contributed by atoms with Crippen LogP contribution in [0.1, 0.15) is 41.0 Å². The molecular weight excluding hydrogens is 440 g/mol. The second-order valence-electron chi connectivity index (χ2n) is 9.17. The highest BCUT2D eigenvalue weighted by atomic mass is 32.2. The molecule has 4 heterocycles. The minimum atomic E-state index is 0.126. The maximum Gasteiger partial charge on any atom is 0.253 e. The van der Waals surface area contributed by atoms with Crippen LogP contribution in [-0.4, -0.2) is 58.3 Å². The predicted molar refractivity (Wildman–Crippen MR) is 128 cm³/mol. The maximum absolute atomic E-state index is 12.8. The van der Waals surface area contributed by atoms with E-state index in [0.29, 0.717) is 5.92 Å². The lowest BCUT2D eigenvalue weighted by Gasteiger charge is -2.54. The Morgan fingerprint density at radius 2 is 1.97 bits per heavy atom. The van der Waals surface area contributed by atoms with Crippen LogP contribution in [0.2, 0.25) is 0 Å². The molecule has 1 atom stereocenters. The van der Waals surface area contributed by atoms with Crippen LogP contribution >= 0.6 is 23.1 Å². The van der Waals surface area contributed by atoms with E-state index in [2.05, 4.69) is 16.9 Å². The molecule has 2 fully saturated rings. The summed E-state index contributed by atoms with van der Waals surface area (Å²) in [6.07, 6.45) is 9.87. The third kappa shape index (κ3) is 4.54. The van der Waals surface area contributed by atoms with Crippen molar-refractivity contribution >= 4 is 39.2 Å². The second-order valence-corrected chi connectivity index (χ2v) is 11.2. The van der Waals surface area contributed by atoms with Gasteiger partial charge in [-0.1, -0.05) is 6.92 Å². The third-order valence-corrected chi connectivity index (χ3v) is 8.23. The highest BCUT2D eigenvalue weighted by Gasteiger charge is 2.50. The van der Waals surface area contributed by atoms with Crippen LogP contribution in [0.25, 0.3) is 10.2 Å². The maximum atomic E-state index is 12.8. The molecule has 2 aliphatic heterocycles. The predicted octanol–water partition coefficient (Wildman–Crippen LogP) is 4.48. The number of benzene rings is 1. The lowest BCUT2D eigenvalue weighted by Crippen LogP contribution is -2.67. The van der Waals surface area contributed by atoms with Crippen molar-refractivity contribution < 1.29 is 9.53 Å². The summed E-state index contributed by atoms with van der Waals surface area (Å²) in [5.41, 5.74) is 2.01. The smallest absolute Gasteiger partial charge is 0.253 e. The van der Waals surface area contributed by atoms with Crippen molar-refractivity contribution in [3.63, 3.8) is 0 Å². The zero-order valence-corrected chi connectivity index (χ0v) is 20.2. The van der Waals surface area contributed by atoms with Crippen LogP contribution in [0.15, 0.2) is 35.5 Å². The number of carbonyl (C=O) groups is 1. The summed E-state index contributed by atoms with van der Waals surface area (Å²) in [7, 11) is 0. The number of carbonyl (C=O) groups excluding carboxylic acids is 1. The molecule has 0 bridgehead atoms. The molecule has 0 saturated carbocycles. The molecule has 2 saturated heterocycles. The Labute approximate surface area is 196 Å². The van der Waals surface area contributed by atoms with E-state index >= 15 is 0 Å². The molecule has 5 rings (SSSR count). The quantitative estimate of drug-likeness (QED) is 0.454. The van der Waals surface area contributed by atoms with E-state index in [0.717, 1.165) is 83.5 Å². The first kappa shape index (κ1) is 21.8. The topological polar surface area (TPSA) is 68.2 Å². The number of likely N-dealkylation sites (tertiary alicyclic amines) is 1. The first-order valence-electron chi connectivity index (χ1n) is 11.1. The Balaban J connectivity index is 1.14. The highest BCUT2D eigenvalue weighted by Crippen LogP contribution is 2.38. The van der Waals surface area contributed by atoms with E-state index in [1.54, 1.807) is 23.1 Å². The van der Waals surface area contributed by atoms with E-state index in [1.807, 2.05) is 41.7 Å². The number of amides is 1. The van der Waals surface area contributed by atoms with Crippen molar-refractivity contribution in [1.82, 2.24) is 19.9 Å². The first-order chi connectivity index (χ1) is 15.5. The van der Waals surface area contributed by atoms with Crippen molar-refractivity contribution in [2.45, 2.75) is 37.5 Å². The fourth-order valence-corrected chi connectivity index (χ4v) is 5.68. The van der Waals surface area contributed by atoms with E-state index < -0.39 is 0 Å². The van der Waals surface area contributed by atoms with Gasteiger partial charge in [-0.25, -0.2) is 15.0 Å². The Hall–Kier alpha value is -2.03. The number of nitrogens with zero attached hydrogens (tertiary/aromatic N) is 4. The summed E-state index contributed by atoms with van der Waals surface area (Å²) >= 11 is 3.38. The second kappa shape index (κ2) is 9.08. The Morgan fingerprint density at radius 3 is 2.66 bits per heavy atom. The molecule has 6 nitrogen and oxygen atoms in total. The molecule has 8 heteroatoms. The fourth-order valence-electron chi connectivity index (χ4n) is 4.34. The van der Waals surface area contributed by atoms with Gasteiger partial charge < -0.3 is 9.64 Å². The van der Waals surface area contributed by atoms with Crippen LogP contribution < -0.4 is 0 Å². The van der Waals surface area contributed by atoms with Gasteiger partial charge in [-0.2, -0.15) is 0 Å². The van der Waals surface area contributed by atoms with E-state index in [4.69, 9.17) is 9.72 Å². The molecule has 1 amide bonds. The van der Waals surface area contributed by atoms with Crippen molar-refractivity contribution in [2.75, 3.05) is 32.6 Å². The van der Waals surface area contributed by atoms with Crippen LogP contribution in [0.4, 0.5) is 0 Å². The van der Waals surface area contributed by atoms with Gasteiger partial charge in [0.05, 0.1) is 33.9 Å². The largest absolute Gasteiger partial charge is 0.380 e. The zero-order valence-electron chi connectivity index (χ0n) is 18.5. The Morgan fingerprint density at radius 1 is 1.22 bits per heavy atom. The summed E-state index contributed by atoms with van der Waals surface area (Å²) in [5.74, 6) is 1.63. The number of aryl methyl sites for hydroxylation is 2. The van der Waals surface area contributed by atoms with Gasteiger partial charge in [-0.3, -0.25) is 4.79 Å². The number of aromatic nitrogens is 3. The van der Waals surface area contributed by atoms with Gasteiger partial charge in [0, 0.05) is 42.4 Å². The number of rotatable bonds is 8. The normalized spacial score (nSPS) is 17.9. The molecule has 1 spiro atoms. The number of thioether (sulfide) groups is 1. The van der Waals surface area contributed by atoms with Gasteiger partial charge in [-0.05, 0) is 49.6 Å². The molecule has 0 radical (unpaired) electrons. The van der Waals surface area contributed by atoms with Crippen molar-refractivity contribution in [1.29, 1.82) is 0 Å². The first-order valence-corrected chi connectivity index (χ1v) is 13.2. The number of hydrogen-bond donors (Lipinski definition) is 0. The zero-order chi connectivity index (χ0) is 22.1. The minimum absolute atomic E-state index is 0.126. The minimum Gasteiger partial charge on any atom is -0.380 e. The number of hydrogen-bond acceptors (Lipinski definition) is 7. The summed E-state index contributed by atoms with van der Waals surface area (Å²) in [6, 6.07) is 5.92. The van der Waals surface area contributed by atoms with Crippen molar-refractivity contribution in [3.8, 4) is 0 Å². The number of thiazole rings is 1. The Kier molecular flexibility index (Phi) is 6.18. The average Bonchev–Trinajstić information content (AvgIpc) is 3.16. The molecule has 3 aromatic rings. The van der Waals surface area contributed by atoms with E-state index in [1.165, 1.54) is 0 Å². The van der Waals surface area contributed by atoms with Gasteiger partial charge in [0.15, 0.2) is 0 Å². The van der Waals surface area contributed by atoms with Gasteiger partial charge >= 0.3 is 0 Å². The van der Waals surface area contributed by atoms with Crippen LogP contribution in [0.3, 0.4) is 0 Å². The third-order valence-electron chi connectivity index (χ3n) is 6.47. The molecule has 1 aromatic carbocycles. The summed E-state index contributed by atoms with van der Waals surface area (Å²) in [6.45, 7) is 5.52. The molecule has 168 valence electrons. The lowest BCUT2D eigenvalue weighted by molar-refractivity contribution is -0.176. The molecular formula is C24H28N4O2S2. The standard InChI is InChI=1S/C24H28N4O2S2/c1-16(3-7-21-25-10-18(31-2)11-26-21)4-8-22-27-19-6-5-17(9-20(19)32-22)23(29)28-12-24(13-28)14-30-15-24/h5-6,9-11,16H,3-4,7-8,12-15H2,1-2H3/t16-/m0/s1. The molecule has 2 aliphatic rings. The van der Waals surface area contributed by atoms with E-state index in [9.17, 15) is 4.79 Å².